The normalized spacial score (nSPS) is 10.3. The molecule has 0 aromatic heterocycles. The van der Waals surface area contributed by atoms with Crippen LogP contribution in [0.1, 0.15) is 43.7 Å². The van der Waals surface area contributed by atoms with Crippen molar-refractivity contribution in [1.82, 2.24) is 16.2 Å². The van der Waals surface area contributed by atoms with Gasteiger partial charge in [-0.1, -0.05) is 49.6 Å². The maximum Gasteiger partial charge on any atom is 0.250 e. The smallest absolute Gasteiger partial charge is 0.250 e. The Morgan fingerprint density at radius 2 is 1.83 bits per heavy atom. The minimum atomic E-state index is -0.358. The third-order valence-electron chi connectivity index (χ3n) is 3.06. The second-order valence-electron chi connectivity index (χ2n) is 5.19. The molecular weight excluding hydrogens is 310 g/mol. The molecule has 124 valence electrons. The van der Waals surface area contributed by atoms with Crippen LogP contribution in [0.5, 0.6) is 0 Å². The van der Waals surface area contributed by atoms with Gasteiger partial charge in [0.25, 0.3) is 0 Å². The van der Waals surface area contributed by atoms with Gasteiger partial charge in [-0.15, -0.1) is 0 Å². The number of carbonyl (C=O) groups is 2. The molecule has 0 saturated carbocycles. The Labute approximate surface area is 142 Å². The van der Waals surface area contributed by atoms with Crippen molar-refractivity contribution >= 4 is 35.2 Å². The van der Waals surface area contributed by atoms with Crippen molar-refractivity contribution in [2.45, 2.75) is 39.5 Å². The van der Waals surface area contributed by atoms with Crippen molar-refractivity contribution in [2.75, 3.05) is 0 Å². The molecule has 5 nitrogen and oxygen atoms in total. The van der Waals surface area contributed by atoms with Gasteiger partial charge in [-0.25, -0.2) is 0 Å². The van der Waals surface area contributed by atoms with Crippen LogP contribution < -0.4 is 16.2 Å². The molecule has 3 N–H and O–H groups in total. The molecule has 0 saturated heterocycles. The van der Waals surface area contributed by atoms with Crippen LogP contribution in [0.25, 0.3) is 6.08 Å². The quantitative estimate of drug-likeness (QED) is 0.324. The maximum absolute atomic E-state index is 11.7. The van der Waals surface area contributed by atoms with E-state index in [9.17, 15) is 9.59 Å². The first-order valence-electron chi connectivity index (χ1n) is 7.66. The van der Waals surface area contributed by atoms with E-state index in [1.165, 1.54) is 6.08 Å². The Bertz CT molecular complexity index is 568. The average Bonchev–Trinajstić information content (AvgIpc) is 2.52. The Morgan fingerprint density at radius 1 is 1.13 bits per heavy atom. The van der Waals surface area contributed by atoms with Crippen molar-refractivity contribution in [3.8, 4) is 0 Å². The summed E-state index contributed by atoms with van der Waals surface area (Å²) in [4.78, 5) is 23.2. The molecule has 0 aliphatic rings. The van der Waals surface area contributed by atoms with Crippen LogP contribution in [0.15, 0.2) is 30.3 Å². The van der Waals surface area contributed by atoms with Crippen molar-refractivity contribution < 1.29 is 9.59 Å². The number of benzene rings is 1. The van der Waals surface area contributed by atoms with E-state index in [0.717, 1.165) is 30.4 Å². The molecule has 1 aromatic rings. The third kappa shape index (κ3) is 8.73. The van der Waals surface area contributed by atoms with Crippen LogP contribution in [0.2, 0.25) is 0 Å². The lowest BCUT2D eigenvalue weighted by Gasteiger charge is -2.09. The summed E-state index contributed by atoms with van der Waals surface area (Å²) in [6.07, 6.45) is 6.43. The predicted molar refractivity (Wildman–Crippen MR) is 96.4 cm³/mol. The number of carbonyl (C=O) groups excluding carboxylic acids is 2. The average molecular weight is 333 g/mol. The lowest BCUT2D eigenvalue weighted by atomic mass is 10.1. The lowest BCUT2D eigenvalue weighted by Crippen LogP contribution is -2.48. The third-order valence-corrected chi connectivity index (χ3v) is 3.27. The van der Waals surface area contributed by atoms with Gasteiger partial charge >= 0.3 is 0 Å². The molecule has 0 heterocycles. The summed E-state index contributed by atoms with van der Waals surface area (Å²) >= 11 is 4.94. The molecular formula is C17H23N3O2S. The van der Waals surface area contributed by atoms with Crippen LogP contribution >= 0.6 is 12.2 Å². The van der Waals surface area contributed by atoms with Crippen LogP contribution in [0.3, 0.4) is 0 Å². The molecule has 0 radical (unpaired) electrons. The topological polar surface area (TPSA) is 70.2 Å². The number of unbranched alkanes of at least 4 members (excludes halogenated alkanes) is 2. The highest BCUT2D eigenvalue weighted by molar-refractivity contribution is 7.80. The summed E-state index contributed by atoms with van der Waals surface area (Å²) in [6, 6.07) is 7.79. The molecule has 23 heavy (non-hydrogen) atoms. The van der Waals surface area contributed by atoms with E-state index >= 15 is 0 Å². The molecule has 1 rings (SSSR count). The zero-order chi connectivity index (χ0) is 17.1. The summed E-state index contributed by atoms with van der Waals surface area (Å²) in [6.45, 7) is 4.08. The van der Waals surface area contributed by atoms with Crippen LogP contribution in [-0.4, -0.2) is 16.9 Å². The summed E-state index contributed by atoms with van der Waals surface area (Å²) in [5.74, 6) is -0.506. The lowest BCUT2D eigenvalue weighted by molar-refractivity contribution is -0.122. The highest BCUT2D eigenvalue weighted by Crippen LogP contribution is 2.04. The van der Waals surface area contributed by atoms with Crippen LogP contribution in [-0.2, 0) is 9.59 Å². The van der Waals surface area contributed by atoms with E-state index in [4.69, 9.17) is 12.2 Å². The first-order valence-corrected chi connectivity index (χ1v) is 8.06. The number of nitrogens with one attached hydrogen (secondary N) is 3. The van der Waals surface area contributed by atoms with Crippen molar-refractivity contribution in [3.63, 3.8) is 0 Å². The largest absolute Gasteiger partial charge is 0.298 e. The van der Waals surface area contributed by atoms with Crippen LogP contribution in [0.4, 0.5) is 0 Å². The predicted octanol–water partition coefficient (Wildman–Crippen LogP) is 2.61. The number of hydrazine groups is 1. The molecule has 0 fully saturated rings. The number of rotatable bonds is 6. The highest BCUT2D eigenvalue weighted by Gasteiger charge is 2.03. The standard InChI is InChI=1S/C17H23N3O2S/c1-3-4-5-6-16(22)19-20-17(23)18-15(21)12-11-14-9-7-13(2)8-10-14/h7-12H,3-6H2,1-2H3,(H,19,22)(H2,18,20,21,23). The van der Waals surface area contributed by atoms with Gasteiger partial charge in [0.15, 0.2) is 5.11 Å². The SMILES string of the molecule is CCCCCC(=O)NNC(=S)NC(=O)C=Cc1ccc(C)cc1. The van der Waals surface area contributed by atoms with Gasteiger partial charge in [-0.05, 0) is 37.2 Å². The molecule has 6 heteroatoms. The molecule has 0 bridgehead atoms. The van der Waals surface area contributed by atoms with Gasteiger partial charge in [-0.2, -0.15) is 0 Å². The molecule has 0 unspecified atom stereocenters. The zero-order valence-corrected chi connectivity index (χ0v) is 14.3. The Hall–Kier alpha value is -2.21. The van der Waals surface area contributed by atoms with Gasteiger partial charge in [0.2, 0.25) is 11.8 Å². The van der Waals surface area contributed by atoms with Gasteiger partial charge in [0, 0.05) is 12.5 Å². The van der Waals surface area contributed by atoms with Gasteiger partial charge in [0.05, 0.1) is 0 Å². The van der Waals surface area contributed by atoms with Gasteiger partial charge in [0.1, 0.15) is 0 Å². The van der Waals surface area contributed by atoms with Gasteiger partial charge in [-0.3, -0.25) is 25.8 Å². The Morgan fingerprint density at radius 3 is 2.48 bits per heavy atom. The molecule has 0 aliphatic carbocycles. The minimum Gasteiger partial charge on any atom is -0.298 e. The monoisotopic (exact) mass is 333 g/mol. The van der Waals surface area contributed by atoms with Gasteiger partial charge < -0.3 is 0 Å². The van der Waals surface area contributed by atoms with E-state index in [-0.39, 0.29) is 16.9 Å². The fourth-order valence-electron chi connectivity index (χ4n) is 1.76. The molecule has 0 spiro atoms. The molecule has 2 amide bonds. The molecule has 0 atom stereocenters. The first-order chi connectivity index (χ1) is 11.0. The first kappa shape index (κ1) is 18.8. The van der Waals surface area contributed by atoms with Crippen LogP contribution in [0, 0.1) is 6.92 Å². The number of hydrogen-bond acceptors (Lipinski definition) is 3. The second kappa shape index (κ2) is 10.5. The van der Waals surface area contributed by atoms with E-state index in [2.05, 4.69) is 23.1 Å². The Kier molecular flexibility index (Phi) is 8.60. The zero-order valence-electron chi connectivity index (χ0n) is 13.5. The number of amides is 2. The van der Waals surface area contributed by atoms with E-state index in [1.54, 1.807) is 6.08 Å². The molecule has 1 aromatic carbocycles. The highest BCUT2D eigenvalue weighted by atomic mass is 32.1. The summed E-state index contributed by atoms with van der Waals surface area (Å²) in [7, 11) is 0. The van der Waals surface area contributed by atoms with Crippen molar-refractivity contribution in [2.24, 2.45) is 0 Å². The van der Waals surface area contributed by atoms with E-state index in [1.807, 2.05) is 31.2 Å². The fraction of sp³-hybridized carbons (Fsp3) is 0.353. The summed E-state index contributed by atoms with van der Waals surface area (Å²) in [5, 5.41) is 2.53. The van der Waals surface area contributed by atoms with E-state index < -0.39 is 0 Å². The summed E-state index contributed by atoms with van der Waals surface area (Å²) < 4.78 is 0. The molecule has 0 aliphatic heterocycles. The minimum absolute atomic E-state index is 0.0624. The fourth-order valence-corrected chi connectivity index (χ4v) is 1.91. The number of hydrogen-bond donors (Lipinski definition) is 3. The van der Waals surface area contributed by atoms with Crippen molar-refractivity contribution in [3.05, 3.63) is 41.5 Å². The second-order valence-corrected chi connectivity index (χ2v) is 5.60. The summed E-state index contributed by atoms with van der Waals surface area (Å²) in [5.41, 5.74) is 7.05. The number of thiocarbonyl (C=S) groups is 1. The van der Waals surface area contributed by atoms with Crippen molar-refractivity contribution in [1.29, 1.82) is 0 Å². The van der Waals surface area contributed by atoms with E-state index in [0.29, 0.717) is 6.42 Å². The Balaban J connectivity index is 2.29. The maximum atomic E-state index is 11.7. The number of aryl methyl sites for hydroxylation is 1.